The van der Waals surface area contributed by atoms with Crippen molar-refractivity contribution < 1.29 is 55.5 Å². The zero-order valence-electron chi connectivity index (χ0n) is 20.6. The number of carbonyl (C=O) groups excluding carboxylic acids is 6. The summed E-state index contributed by atoms with van der Waals surface area (Å²) in [6.45, 7) is 0. The maximum absolute atomic E-state index is 11.5. The molecule has 4 aliphatic rings. The quantitative estimate of drug-likeness (QED) is 0.288. The molecule has 2 saturated heterocycles. The van der Waals surface area contributed by atoms with Crippen molar-refractivity contribution in [3.8, 4) is 0 Å². The van der Waals surface area contributed by atoms with E-state index in [2.05, 4.69) is 0 Å². The summed E-state index contributed by atoms with van der Waals surface area (Å²) >= 11 is 0. The number of rotatable bonds is 6. The van der Waals surface area contributed by atoms with E-state index in [1.54, 1.807) is 0 Å². The number of hydrogen-bond acceptors (Lipinski definition) is 8. The van der Waals surface area contributed by atoms with Gasteiger partial charge in [-0.05, 0) is 37.5 Å². The van der Waals surface area contributed by atoms with Crippen LogP contribution in [0, 0.1) is 26.7 Å². The van der Waals surface area contributed by atoms with Crippen molar-refractivity contribution in [2.45, 2.75) is 89.9 Å². The first kappa shape index (κ1) is 32.7. The van der Waals surface area contributed by atoms with Gasteiger partial charge in [-0.15, -0.1) is 10.1 Å². The summed E-state index contributed by atoms with van der Waals surface area (Å²) in [6.07, 6.45) is 9.99. The Morgan fingerprint density at radius 3 is 1.11 bits per heavy atom. The number of carbonyl (C=O) groups is 6. The van der Waals surface area contributed by atoms with E-state index in [0.717, 1.165) is 51.4 Å². The van der Waals surface area contributed by atoms with Crippen LogP contribution in [0.4, 0.5) is 0 Å². The van der Waals surface area contributed by atoms with E-state index in [0.29, 0.717) is 34.8 Å². The van der Waals surface area contributed by atoms with Crippen LogP contribution in [0.25, 0.3) is 0 Å². The van der Waals surface area contributed by atoms with E-state index in [9.17, 15) is 28.8 Å². The third-order valence-electron chi connectivity index (χ3n) is 6.26. The Bertz CT molecular complexity index is 679. The van der Waals surface area contributed by atoms with Crippen molar-refractivity contribution in [1.29, 1.82) is 0 Å². The van der Waals surface area contributed by atoms with Gasteiger partial charge in [-0.3, -0.25) is 19.2 Å². The van der Waals surface area contributed by atoms with E-state index >= 15 is 0 Å². The summed E-state index contributed by atoms with van der Waals surface area (Å²) in [5.74, 6) is -1.85. The van der Waals surface area contributed by atoms with Crippen LogP contribution in [0.1, 0.15) is 89.9 Å². The van der Waals surface area contributed by atoms with Crippen LogP contribution in [-0.2, 0) is 55.5 Å². The van der Waals surface area contributed by atoms with E-state index in [1.807, 2.05) is 0 Å². The zero-order valence-corrected chi connectivity index (χ0v) is 21.7. The summed E-state index contributed by atoms with van der Waals surface area (Å²) in [7, 11) is 0. The molecule has 2 heterocycles. The Morgan fingerprint density at radius 1 is 0.600 bits per heavy atom. The van der Waals surface area contributed by atoms with E-state index in [4.69, 9.17) is 9.68 Å². The van der Waals surface area contributed by atoms with Crippen molar-refractivity contribution in [1.82, 2.24) is 10.1 Å². The molecule has 0 spiro atoms. The number of amides is 4. The Balaban J connectivity index is 0.000000608. The van der Waals surface area contributed by atoms with Gasteiger partial charge in [0.25, 0.3) is 23.6 Å². The predicted octanol–water partition coefficient (Wildman–Crippen LogP) is 3.25. The Labute approximate surface area is 217 Å². The molecule has 0 atom stereocenters. The number of hydroxylamine groups is 4. The SMILES string of the molecule is O=C(CC1CCCC1)ON1C(=O)CCC1=O.O=C(CC1CCCC1)ON1C(=O)CCC1=O.[CH3-].[CH3-].[Fe+2]. The first-order valence-corrected chi connectivity index (χ1v) is 11.5. The zero-order chi connectivity index (χ0) is 23.1. The minimum absolute atomic E-state index is 0. The summed E-state index contributed by atoms with van der Waals surface area (Å²) in [6, 6.07) is 0. The Morgan fingerprint density at radius 2 is 0.857 bits per heavy atom. The fraction of sp³-hybridized carbons (Fsp3) is 0.667. The molecule has 2 aliphatic carbocycles. The fourth-order valence-corrected chi connectivity index (χ4v) is 4.49. The van der Waals surface area contributed by atoms with Gasteiger partial charge >= 0.3 is 29.0 Å². The largest absolute Gasteiger partial charge is 2.00 e. The molecule has 0 N–H and O–H groups in total. The molecule has 0 radical (unpaired) electrons. The third-order valence-corrected chi connectivity index (χ3v) is 6.26. The van der Waals surface area contributed by atoms with Gasteiger partial charge in [0.2, 0.25) is 0 Å². The first-order chi connectivity index (χ1) is 15.3. The minimum atomic E-state index is -0.462. The van der Waals surface area contributed by atoms with Crippen LogP contribution in [-0.4, -0.2) is 45.7 Å². The Kier molecular flexibility index (Phi) is 14.7. The molecule has 0 aromatic rings. The molecular formula is C24H36FeN2O8. The smallest absolute Gasteiger partial charge is 0.358 e. The maximum atomic E-state index is 11.5. The molecule has 35 heavy (non-hydrogen) atoms. The van der Waals surface area contributed by atoms with Gasteiger partial charge in [-0.2, -0.15) is 0 Å². The molecule has 0 unspecified atom stereocenters. The third kappa shape index (κ3) is 9.72. The van der Waals surface area contributed by atoms with Crippen LogP contribution in [0.15, 0.2) is 0 Å². The van der Waals surface area contributed by atoms with Crippen molar-refractivity contribution in [2.24, 2.45) is 11.8 Å². The topological polar surface area (TPSA) is 127 Å². The van der Waals surface area contributed by atoms with Crippen molar-refractivity contribution >= 4 is 35.6 Å². The van der Waals surface area contributed by atoms with Crippen LogP contribution >= 0.6 is 0 Å². The molecule has 10 nitrogen and oxygen atoms in total. The second kappa shape index (κ2) is 15.7. The second-order valence-corrected chi connectivity index (χ2v) is 8.80. The molecule has 0 aromatic heterocycles. The van der Waals surface area contributed by atoms with Gasteiger partial charge in [0.15, 0.2) is 0 Å². The summed E-state index contributed by atoms with van der Waals surface area (Å²) < 4.78 is 0. The van der Waals surface area contributed by atoms with Gasteiger partial charge in [0.05, 0.1) is 12.8 Å². The second-order valence-electron chi connectivity index (χ2n) is 8.80. The standard InChI is InChI=1S/2C11H15NO4.2CH3.Fe/c2*13-9-5-6-10(14)12(9)16-11(15)7-8-3-1-2-4-8;;;/h2*8H,1-7H2;2*1H3;/q;;2*-1;+2. The average Bonchev–Trinajstić information content (AvgIpc) is 3.55. The summed E-state index contributed by atoms with van der Waals surface area (Å²) in [4.78, 5) is 77.3. The van der Waals surface area contributed by atoms with Gasteiger partial charge < -0.3 is 24.5 Å². The maximum Gasteiger partial charge on any atom is 2.00 e. The molecule has 4 fully saturated rings. The van der Waals surface area contributed by atoms with Crippen molar-refractivity contribution in [3.05, 3.63) is 14.9 Å². The van der Waals surface area contributed by atoms with Crippen LogP contribution in [0.3, 0.4) is 0 Å². The van der Waals surface area contributed by atoms with Gasteiger partial charge in [-0.25, -0.2) is 9.59 Å². The monoisotopic (exact) mass is 536 g/mol. The van der Waals surface area contributed by atoms with Gasteiger partial charge in [0.1, 0.15) is 0 Å². The summed E-state index contributed by atoms with van der Waals surface area (Å²) in [5.41, 5.74) is 0. The number of nitrogens with zero attached hydrogens (tertiary/aromatic N) is 2. The molecule has 0 bridgehead atoms. The van der Waals surface area contributed by atoms with Crippen molar-refractivity contribution in [3.63, 3.8) is 0 Å². The van der Waals surface area contributed by atoms with Crippen molar-refractivity contribution in [2.75, 3.05) is 0 Å². The number of imide groups is 2. The summed E-state index contributed by atoms with van der Waals surface area (Å²) in [5, 5.41) is 1.24. The molecule has 4 amide bonds. The molecule has 4 rings (SSSR count). The van der Waals surface area contributed by atoms with Crippen LogP contribution in [0.2, 0.25) is 0 Å². The normalized spacial score (nSPS) is 20.0. The van der Waals surface area contributed by atoms with E-state index in [-0.39, 0.29) is 57.6 Å². The molecule has 11 heteroatoms. The molecule has 2 saturated carbocycles. The molecular weight excluding hydrogens is 500 g/mol. The fourth-order valence-electron chi connectivity index (χ4n) is 4.49. The predicted molar refractivity (Wildman–Crippen MR) is 120 cm³/mol. The molecule has 0 aromatic carbocycles. The minimum Gasteiger partial charge on any atom is -0.358 e. The van der Waals surface area contributed by atoms with E-state index in [1.165, 1.54) is 0 Å². The first-order valence-electron chi connectivity index (χ1n) is 11.5. The molecule has 198 valence electrons. The van der Waals surface area contributed by atoms with Gasteiger partial charge in [0, 0.05) is 25.7 Å². The van der Waals surface area contributed by atoms with Crippen LogP contribution in [0.5, 0.6) is 0 Å². The van der Waals surface area contributed by atoms with Gasteiger partial charge in [-0.1, -0.05) is 25.7 Å². The van der Waals surface area contributed by atoms with Crippen LogP contribution < -0.4 is 0 Å². The Hall–Kier alpha value is -2.26. The van der Waals surface area contributed by atoms with E-state index < -0.39 is 35.6 Å². The molecule has 2 aliphatic heterocycles. The average molecular weight is 536 g/mol. The number of hydrogen-bond donors (Lipinski definition) is 0.